The molecule has 2 aromatic carbocycles. The van der Waals surface area contributed by atoms with E-state index >= 15 is 0 Å². The van der Waals surface area contributed by atoms with Gasteiger partial charge in [0.15, 0.2) is 0 Å². The lowest BCUT2D eigenvalue weighted by molar-refractivity contribution is -0.119. The van der Waals surface area contributed by atoms with E-state index < -0.39 is 0 Å². The molecule has 3 heterocycles. The van der Waals surface area contributed by atoms with Crippen LogP contribution in [0.3, 0.4) is 0 Å². The number of nitrogens with zero attached hydrogens (tertiary/aromatic N) is 2. The Bertz CT molecular complexity index is 1040. The van der Waals surface area contributed by atoms with Crippen molar-refractivity contribution in [2.24, 2.45) is 5.92 Å². The van der Waals surface area contributed by atoms with Gasteiger partial charge in [-0.2, -0.15) is 0 Å². The zero-order valence-electron chi connectivity index (χ0n) is 20.8. The van der Waals surface area contributed by atoms with E-state index in [0.29, 0.717) is 25.3 Å². The Kier molecular flexibility index (Phi) is 8.59. The van der Waals surface area contributed by atoms with Crippen molar-refractivity contribution in [1.82, 2.24) is 15.1 Å². The molecule has 2 N–H and O–H groups in total. The number of morpholine rings is 1. The van der Waals surface area contributed by atoms with E-state index in [1.807, 2.05) is 12.1 Å². The molecule has 1 atom stereocenters. The molecule has 5 rings (SSSR count). The van der Waals surface area contributed by atoms with Crippen molar-refractivity contribution in [3.8, 4) is 0 Å². The van der Waals surface area contributed by atoms with Gasteiger partial charge in [0.25, 0.3) is 11.8 Å². The molecule has 0 aliphatic carbocycles. The smallest absolute Gasteiger partial charge is 0.252 e. The number of anilines is 1. The number of ether oxygens (including phenoxy) is 1. The van der Waals surface area contributed by atoms with Crippen molar-refractivity contribution < 1.29 is 14.3 Å². The van der Waals surface area contributed by atoms with Crippen molar-refractivity contribution in [2.75, 3.05) is 57.8 Å². The lowest BCUT2D eigenvalue weighted by atomic mass is 9.90. The summed E-state index contributed by atoms with van der Waals surface area (Å²) in [6.07, 6.45) is 4.60. The van der Waals surface area contributed by atoms with Crippen molar-refractivity contribution >= 4 is 29.3 Å². The monoisotopic (exact) mass is 508 g/mol. The summed E-state index contributed by atoms with van der Waals surface area (Å²) < 4.78 is 5.41. The number of carbonyl (C=O) groups is 2. The summed E-state index contributed by atoms with van der Waals surface area (Å²) in [5.74, 6) is 0.656. The summed E-state index contributed by atoms with van der Waals surface area (Å²) in [5, 5.41) is 5.81. The van der Waals surface area contributed by atoms with Gasteiger partial charge in [-0.05, 0) is 75.0 Å². The van der Waals surface area contributed by atoms with Gasteiger partial charge in [0, 0.05) is 30.1 Å². The predicted molar refractivity (Wildman–Crippen MR) is 143 cm³/mol. The van der Waals surface area contributed by atoms with Crippen LogP contribution in [0.1, 0.15) is 35.2 Å². The largest absolute Gasteiger partial charge is 0.379 e. The number of thioether (sulfide) groups is 1. The Balaban J connectivity index is 1.03. The van der Waals surface area contributed by atoms with Crippen LogP contribution < -0.4 is 10.6 Å². The number of hydrogen-bond donors (Lipinski definition) is 2. The maximum atomic E-state index is 12.7. The molecule has 3 aliphatic rings. The molecule has 0 radical (unpaired) electrons. The van der Waals surface area contributed by atoms with Crippen LogP contribution in [0.2, 0.25) is 0 Å². The van der Waals surface area contributed by atoms with Crippen LogP contribution in [0.4, 0.5) is 5.69 Å². The third kappa shape index (κ3) is 6.48. The van der Waals surface area contributed by atoms with E-state index in [4.69, 9.17) is 4.74 Å². The summed E-state index contributed by atoms with van der Waals surface area (Å²) in [5.41, 5.74) is 2.75. The van der Waals surface area contributed by atoms with Gasteiger partial charge in [-0.3, -0.25) is 14.5 Å². The molecule has 192 valence electrons. The van der Waals surface area contributed by atoms with E-state index in [1.54, 1.807) is 17.8 Å². The molecule has 2 amide bonds. The number of piperidine rings is 1. The highest BCUT2D eigenvalue weighted by molar-refractivity contribution is 8.00. The Morgan fingerprint density at radius 1 is 1.06 bits per heavy atom. The molecule has 2 fully saturated rings. The van der Waals surface area contributed by atoms with Crippen molar-refractivity contribution in [3.05, 3.63) is 59.7 Å². The lowest BCUT2D eigenvalue weighted by Gasteiger charge is -2.35. The second-order valence-corrected chi connectivity index (χ2v) is 11.0. The topological polar surface area (TPSA) is 73.9 Å². The molecule has 0 spiro atoms. The summed E-state index contributed by atoms with van der Waals surface area (Å²) in [6.45, 7) is 6.77. The average molecular weight is 509 g/mol. The molecule has 0 bridgehead atoms. The molecular weight excluding hydrogens is 472 g/mol. The molecule has 36 heavy (non-hydrogen) atoms. The second kappa shape index (κ2) is 12.2. The highest BCUT2D eigenvalue weighted by Gasteiger charge is 2.33. The first kappa shape index (κ1) is 25.3. The number of rotatable bonds is 8. The molecule has 2 aromatic rings. The Morgan fingerprint density at radius 2 is 1.83 bits per heavy atom. The molecule has 2 saturated heterocycles. The Morgan fingerprint density at radius 3 is 2.61 bits per heavy atom. The van der Waals surface area contributed by atoms with Crippen LogP contribution in [0.25, 0.3) is 0 Å². The van der Waals surface area contributed by atoms with Gasteiger partial charge in [0.05, 0.1) is 18.9 Å². The van der Waals surface area contributed by atoms with Gasteiger partial charge < -0.3 is 20.3 Å². The van der Waals surface area contributed by atoms with Crippen LogP contribution >= 0.6 is 11.8 Å². The number of carbonyl (C=O) groups excluding carboxylic acids is 2. The normalized spacial score (nSPS) is 21.6. The number of fused-ring (bicyclic) bond motifs is 1. The standard InChI is InChI=1S/C28H36N4O3S/c33-26(29-11-4-12-31-13-9-22(10-14-31)19-21-5-2-1-3-6-21)23-7-8-25-24(20-23)30-27(34)28(36-25)32-15-17-35-18-16-32/h1-3,5-8,20,22,28H,4,9-19H2,(H,29,33)(H,30,34). The van der Waals surface area contributed by atoms with Crippen LogP contribution in [-0.4, -0.2) is 79.5 Å². The molecule has 7 nitrogen and oxygen atoms in total. The maximum Gasteiger partial charge on any atom is 0.252 e. The maximum absolute atomic E-state index is 12.7. The SMILES string of the molecule is O=C(NCCCN1CCC(Cc2ccccc2)CC1)c1ccc2c(c1)NC(=O)C(N1CCOCC1)S2. The third-order valence-electron chi connectivity index (χ3n) is 7.35. The first-order valence-corrected chi connectivity index (χ1v) is 14.0. The van der Waals surface area contributed by atoms with E-state index in [9.17, 15) is 9.59 Å². The van der Waals surface area contributed by atoms with Gasteiger partial charge in [-0.15, -0.1) is 0 Å². The third-order valence-corrected chi connectivity index (χ3v) is 8.70. The number of likely N-dealkylation sites (tertiary alicyclic amines) is 1. The molecular formula is C28H36N4O3S. The van der Waals surface area contributed by atoms with E-state index in [1.165, 1.54) is 24.8 Å². The first-order valence-electron chi connectivity index (χ1n) is 13.1. The lowest BCUT2D eigenvalue weighted by Crippen LogP contribution is -2.48. The van der Waals surface area contributed by atoms with Crippen LogP contribution in [-0.2, 0) is 16.0 Å². The molecule has 1 unspecified atom stereocenters. The van der Waals surface area contributed by atoms with Gasteiger partial charge >= 0.3 is 0 Å². The minimum atomic E-state index is -0.246. The summed E-state index contributed by atoms with van der Waals surface area (Å²) in [4.78, 5) is 31.1. The average Bonchev–Trinajstić information content (AvgIpc) is 2.92. The fourth-order valence-corrected chi connectivity index (χ4v) is 6.41. The number of hydrogen-bond acceptors (Lipinski definition) is 6. The van der Waals surface area contributed by atoms with Crippen molar-refractivity contribution in [1.29, 1.82) is 0 Å². The minimum absolute atomic E-state index is 0.0282. The van der Waals surface area contributed by atoms with Crippen LogP contribution in [0.5, 0.6) is 0 Å². The zero-order valence-corrected chi connectivity index (χ0v) is 21.6. The summed E-state index contributed by atoms with van der Waals surface area (Å²) >= 11 is 1.55. The van der Waals surface area contributed by atoms with Crippen molar-refractivity contribution in [2.45, 2.75) is 36.0 Å². The predicted octanol–water partition coefficient (Wildman–Crippen LogP) is 3.46. The first-order chi connectivity index (χ1) is 17.7. The van der Waals surface area contributed by atoms with Gasteiger partial charge in [0.1, 0.15) is 5.37 Å². The Hall–Kier alpha value is -2.39. The van der Waals surface area contributed by atoms with Gasteiger partial charge in [-0.25, -0.2) is 0 Å². The minimum Gasteiger partial charge on any atom is -0.379 e. The van der Waals surface area contributed by atoms with E-state index in [-0.39, 0.29) is 17.2 Å². The van der Waals surface area contributed by atoms with E-state index in [0.717, 1.165) is 55.6 Å². The molecule has 0 aromatic heterocycles. The Labute approximate surface area is 217 Å². The van der Waals surface area contributed by atoms with Crippen LogP contribution in [0.15, 0.2) is 53.4 Å². The summed E-state index contributed by atoms with van der Waals surface area (Å²) in [7, 11) is 0. The van der Waals surface area contributed by atoms with Crippen molar-refractivity contribution in [3.63, 3.8) is 0 Å². The quantitative estimate of drug-likeness (QED) is 0.532. The second-order valence-electron chi connectivity index (χ2n) is 9.90. The molecule has 0 saturated carbocycles. The highest BCUT2D eigenvalue weighted by Crippen LogP contribution is 2.37. The highest BCUT2D eigenvalue weighted by atomic mass is 32.2. The fourth-order valence-electron chi connectivity index (χ4n) is 5.26. The van der Waals surface area contributed by atoms with Gasteiger partial charge in [0.2, 0.25) is 0 Å². The zero-order chi connectivity index (χ0) is 24.7. The van der Waals surface area contributed by atoms with E-state index in [2.05, 4.69) is 50.8 Å². The fraction of sp³-hybridized carbons (Fsp3) is 0.500. The molecule has 8 heteroatoms. The number of benzene rings is 2. The number of amides is 2. The summed E-state index contributed by atoms with van der Waals surface area (Å²) in [6, 6.07) is 16.4. The van der Waals surface area contributed by atoms with Gasteiger partial charge in [-0.1, -0.05) is 42.1 Å². The van der Waals surface area contributed by atoms with Crippen LogP contribution in [0, 0.1) is 5.92 Å². The molecule has 3 aliphatic heterocycles. The number of nitrogens with one attached hydrogen (secondary N) is 2.